The monoisotopic (exact) mass is 821 g/mol. The summed E-state index contributed by atoms with van der Waals surface area (Å²) in [7, 11) is -1.85. The summed E-state index contributed by atoms with van der Waals surface area (Å²) in [6, 6.07) is 52.7. The molecule has 5 heteroatoms. The Hall–Kier alpha value is -6.56. The van der Waals surface area contributed by atoms with Crippen molar-refractivity contribution < 1.29 is 13.6 Å². The highest BCUT2D eigenvalue weighted by Gasteiger charge is 2.66. The number of aromatic nitrogens is 3. The number of nitrogens with zero attached hydrogens (tertiary/aromatic N) is 3. The molecule has 5 heterocycles. The second-order valence-electron chi connectivity index (χ2n) is 19.6. The van der Waals surface area contributed by atoms with Crippen LogP contribution in [-0.2, 0) is 12.1 Å². The summed E-state index contributed by atoms with van der Waals surface area (Å²) in [4.78, 5) is 0. The van der Waals surface area contributed by atoms with E-state index in [4.69, 9.17) is 4.42 Å². The quantitative estimate of drug-likeness (QED) is 0.125. The zero-order chi connectivity index (χ0) is 42.4. The molecule has 4 nitrogen and oxygen atoms in total. The van der Waals surface area contributed by atoms with Crippen molar-refractivity contribution in [3.8, 4) is 39.5 Å². The van der Waals surface area contributed by atoms with Crippen LogP contribution < -0.4 is 14.3 Å². The van der Waals surface area contributed by atoms with Crippen LogP contribution in [0.2, 0.25) is 19.6 Å². The van der Waals surface area contributed by atoms with Crippen LogP contribution in [0.1, 0.15) is 47.2 Å². The highest BCUT2D eigenvalue weighted by atomic mass is 28.3. The molecule has 0 fully saturated rings. The SMILES string of the molecule is Cc1cc(C)cc(-c2cccc3c2oc2cc4c(cc23)-c2n(-c3ccc5ccccc5c3)c3ccccc3[n+]2C42c3ccc(C)cc3-c3cc(CC(C)C)c([Si](C)(C)C)c[n+]32)c1. The van der Waals surface area contributed by atoms with Gasteiger partial charge in [-0.25, -0.2) is 0 Å². The Labute approximate surface area is 364 Å². The minimum atomic E-state index is -1.85. The van der Waals surface area contributed by atoms with Gasteiger partial charge in [-0.2, -0.15) is 4.57 Å². The number of hydrogen-bond acceptors (Lipinski definition) is 1. The first-order valence-electron chi connectivity index (χ1n) is 22.2. The molecule has 0 saturated heterocycles. The van der Waals surface area contributed by atoms with Crippen LogP contribution in [0.25, 0.3) is 83.2 Å². The van der Waals surface area contributed by atoms with Crippen molar-refractivity contribution in [1.82, 2.24) is 4.57 Å². The Kier molecular flexibility index (Phi) is 7.79. The molecule has 0 radical (unpaired) electrons. The van der Waals surface area contributed by atoms with Gasteiger partial charge in [0.2, 0.25) is 5.69 Å². The van der Waals surface area contributed by atoms with Crippen molar-refractivity contribution in [1.29, 1.82) is 0 Å². The van der Waals surface area contributed by atoms with Crippen LogP contribution in [-0.4, -0.2) is 12.6 Å². The van der Waals surface area contributed by atoms with E-state index in [1.165, 1.54) is 88.6 Å². The van der Waals surface area contributed by atoms with Crippen molar-refractivity contribution in [3.05, 3.63) is 179 Å². The number of rotatable bonds is 5. The summed E-state index contributed by atoms with van der Waals surface area (Å²) in [5.74, 6) is 1.72. The Morgan fingerprint density at radius 3 is 2.21 bits per heavy atom. The first-order valence-corrected chi connectivity index (χ1v) is 25.7. The molecule has 0 bridgehead atoms. The van der Waals surface area contributed by atoms with Gasteiger partial charge < -0.3 is 4.42 Å². The first-order chi connectivity index (χ1) is 29.9. The molecule has 1 atom stereocenters. The third-order valence-electron chi connectivity index (χ3n) is 13.7. The summed E-state index contributed by atoms with van der Waals surface area (Å²) in [5, 5.41) is 6.25. The van der Waals surface area contributed by atoms with Crippen molar-refractivity contribution >= 4 is 57.0 Å². The number of imidazole rings is 1. The second kappa shape index (κ2) is 13.0. The molecule has 1 unspecified atom stereocenters. The Morgan fingerprint density at radius 1 is 0.645 bits per heavy atom. The van der Waals surface area contributed by atoms with E-state index in [9.17, 15) is 0 Å². The lowest BCUT2D eigenvalue weighted by atomic mass is 9.88. The van der Waals surface area contributed by atoms with E-state index >= 15 is 0 Å². The predicted molar refractivity (Wildman–Crippen MR) is 259 cm³/mol. The van der Waals surface area contributed by atoms with Crippen LogP contribution in [0, 0.1) is 26.7 Å². The predicted octanol–water partition coefficient (Wildman–Crippen LogP) is 12.9. The third-order valence-corrected chi connectivity index (χ3v) is 15.7. The zero-order valence-electron chi connectivity index (χ0n) is 36.9. The van der Waals surface area contributed by atoms with E-state index in [0.29, 0.717) is 5.92 Å². The van der Waals surface area contributed by atoms with Gasteiger partial charge in [0.15, 0.2) is 17.2 Å². The summed E-state index contributed by atoms with van der Waals surface area (Å²) in [6.45, 7) is 18.8. The minimum Gasteiger partial charge on any atom is -0.455 e. The largest absolute Gasteiger partial charge is 0.455 e. The molecule has 0 N–H and O–H groups in total. The average molecular weight is 822 g/mol. The molecule has 12 rings (SSSR count). The summed E-state index contributed by atoms with van der Waals surface area (Å²) >= 11 is 0. The smallest absolute Gasteiger partial charge is 0.364 e. The molecule has 2 aliphatic rings. The summed E-state index contributed by atoms with van der Waals surface area (Å²) in [5.41, 5.74) is 18.5. The van der Waals surface area contributed by atoms with Gasteiger partial charge in [-0.15, -0.1) is 9.13 Å². The van der Waals surface area contributed by atoms with Crippen molar-refractivity contribution in [2.45, 2.75) is 66.3 Å². The fraction of sp³-hybridized carbons (Fsp3) is 0.193. The number of para-hydroxylation sites is 3. The number of aryl methyl sites for hydroxylation is 3. The second-order valence-corrected chi connectivity index (χ2v) is 24.6. The van der Waals surface area contributed by atoms with E-state index in [1.54, 1.807) is 0 Å². The molecular weight excluding hydrogens is 771 g/mol. The van der Waals surface area contributed by atoms with Gasteiger partial charge in [-0.05, 0) is 104 Å². The molecule has 302 valence electrons. The van der Waals surface area contributed by atoms with Gasteiger partial charge in [-0.3, -0.25) is 0 Å². The van der Waals surface area contributed by atoms with E-state index in [1.807, 2.05) is 0 Å². The number of furan rings is 1. The molecule has 1 spiro atoms. The number of fused-ring (bicyclic) bond motifs is 16. The topological polar surface area (TPSA) is 25.8 Å². The molecule has 3 aromatic heterocycles. The van der Waals surface area contributed by atoms with Crippen LogP contribution >= 0.6 is 0 Å². The van der Waals surface area contributed by atoms with E-state index in [2.05, 4.69) is 214 Å². The van der Waals surface area contributed by atoms with Crippen molar-refractivity contribution in [3.63, 3.8) is 0 Å². The standard InChI is InChI=1S/C57H51N3OSi/c1-34(2)24-41-30-52-46-28-35(3)20-23-48(46)57(58(52)33-54(41)62(6,7)8)49-32-53-45(44-17-13-16-43(55(44)61-53)40-26-36(4)25-37(5)27-40)31-47(49)56-59(50-18-11-12-19-51(50)60(56)57)42-22-21-38-14-9-10-15-39(38)29-42/h9-23,25-34H,24H2,1-8H3/q+2. The number of hydrogen-bond donors (Lipinski definition) is 0. The molecule has 0 amide bonds. The first kappa shape index (κ1) is 37.2. The highest BCUT2D eigenvalue weighted by molar-refractivity contribution is 6.89. The van der Waals surface area contributed by atoms with Gasteiger partial charge in [0.1, 0.15) is 16.9 Å². The Balaban J connectivity index is 1.27. The van der Waals surface area contributed by atoms with E-state index in [0.717, 1.165) is 39.6 Å². The molecule has 0 saturated carbocycles. The summed E-state index contributed by atoms with van der Waals surface area (Å²) < 4.78 is 15.1. The molecule has 0 aliphatic carbocycles. The molecule has 10 aromatic rings. The third kappa shape index (κ3) is 5.12. The van der Waals surface area contributed by atoms with Gasteiger partial charge in [0.25, 0.3) is 0 Å². The summed E-state index contributed by atoms with van der Waals surface area (Å²) in [6.07, 6.45) is 3.64. The van der Waals surface area contributed by atoms with Crippen LogP contribution in [0.3, 0.4) is 0 Å². The Morgan fingerprint density at radius 2 is 1.42 bits per heavy atom. The molecule has 7 aromatic carbocycles. The maximum atomic E-state index is 7.19. The van der Waals surface area contributed by atoms with Crippen LogP contribution in [0.4, 0.5) is 0 Å². The highest BCUT2D eigenvalue weighted by Crippen LogP contribution is 2.52. The normalized spacial score (nSPS) is 15.4. The fourth-order valence-corrected chi connectivity index (χ4v) is 12.9. The molecular formula is C57H51N3OSi+2. The van der Waals surface area contributed by atoms with Gasteiger partial charge >= 0.3 is 11.5 Å². The minimum absolute atomic E-state index is 0.545. The number of pyridine rings is 1. The Bertz CT molecular complexity index is 3540. The zero-order valence-corrected chi connectivity index (χ0v) is 37.9. The van der Waals surface area contributed by atoms with Gasteiger partial charge in [0, 0.05) is 27.6 Å². The lowest BCUT2D eigenvalue weighted by molar-refractivity contribution is -0.944. The maximum absolute atomic E-state index is 7.19. The molecule has 2 aliphatic heterocycles. The van der Waals surface area contributed by atoms with Crippen molar-refractivity contribution in [2.24, 2.45) is 5.92 Å². The van der Waals surface area contributed by atoms with Gasteiger partial charge in [0.05, 0.1) is 30.3 Å². The lowest BCUT2D eigenvalue weighted by Gasteiger charge is -2.24. The van der Waals surface area contributed by atoms with E-state index in [-0.39, 0.29) is 0 Å². The average Bonchev–Trinajstić information content (AvgIpc) is 3.94. The van der Waals surface area contributed by atoms with Crippen LogP contribution in [0.15, 0.2) is 150 Å². The van der Waals surface area contributed by atoms with Crippen molar-refractivity contribution in [2.75, 3.05) is 0 Å². The van der Waals surface area contributed by atoms with E-state index < -0.39 is 13.7 Å². The number of benzene rings is 7. The molecule has 62 heavy (non-hydrogen) atoms. The maximum Gasteiger partial charge on any atom is 0.364 e. The fourth-order valence-electron chi connectivity index (χ4n) is 11.3. The van der Waals surface area contributed by atoms with Crippen LogP contribution in [0.5, 0.6) is 0 Å². The van der Waals surface area contributed by atoms with Gasteiger partial charge in [-0.1, -0.05) is 135 Å². The lowest BCUT2D eigenvalue weighted by Crippen LogP contribution is -2.72.